The minimum Gasteiger partial charge on any atom is -0.490 e. The lowest BCUT2D eigenvalue weighted by atomic mass is 9.81. The molecule has 2 aliphatic heterocycles. The zero-order valence-electron chi connectivity index (χ0n) is 15.6. The van der Waals surface area contributed by atoms with Gasteiger partial charge in [0, 0.05) is 37.2 Å². The summed E-state index contributed by atoms with van der Waals surface area (Å²) in [7, 11) is 0. The van der Waals surface area contributed by atoms with Crippen molar-refractivity contribution in [3.05, 3.63) is 27.8 Å². The van der Waals surface area contributed by atoms with Crippen LogP contribution in [0.2, 0.25) is 0 Å². The van der Waals surface area contributed by atoms with Gasteiger partial charge >= 0.3 is 6.18 Å². The normalized spacial score (nSPS) is 25.6. The molecule has 1 aromatic carbocycles. The highest BCUT2D eigenvalue weighted by Gasteiger charge is 2.55. The molecule has 7 nitrogen and oxygen atoms in total. The number of hydrogen-bond acceptors (Lipinski definition) is 6. The third kappa shape index (κ3) is 3.75. The van der Waals surface area contributed by atoms with E-state index in [-0.39, 0.29) is 50.3 Å². The van der Waals surface area contributed by atoms with Gasteiger partial charge in [-0.05, 0) is 32.6 Å². The quantitative estimate of drug-likeness (QED) is 0.594. The monoisotopic (exact) mass is 404 g/mol. The number of nitro groups is 1. The number of benzene rings is 1. The van der Waals surface area contributed by atoms with Gasteiger partial charge in [-0.2, -0.15) is 13.2 Å². The van der Waals surface area contributed by atoms with Gasteiger partial charge in [0.1, 0.15) is 18.0 Å². The Labute approximate surface area is 159 Å². The molecule has 0 saturated carbocycles. The maximum atomic E-state index is 13.1. The molecule has 2 heterocycles. The topological polar surface area (TPSA) is 96.1 Å². The highest BCUT2D eigenvalue weighted by atomic mass is 19.4. The number of fused-ring (bicyclic) bond motifs is 1. The van der Waals surface area contributed by atoms with Crippen molar-refractivity contribution in [2.45, 2.75) is 50.5 Å². The number of nitro benzene ring substituents is 1. The molecular weight excluding hydrogens is 381 g/mol. The third-order valence-corrected chi connectivity index (χ3v) is 5.67. The largest absolute Gasteiger partial charge is 0.490 e. The number of hydrogen-bond donors (Lipinski definition) is 2. The van der Waals surface area contributed by atoms with Crippen molar-refractivity contribution in [2.75, 3.05) is 24.6 Å². The summed E-state index contributed by atoms with van der Waals surface area (Å²) in [5, 5.41) is 31.6. The molecule has 0 spiro atoms. The highest BCUT2D eigenvalue weighted by molar-refractivity contribution is 5.68. The number of halogens is 3. The van der Waals surface area contributed by atoms with Crippen LogP contribution in [0.4, 0.5) is 24.5 Å². The van der Waals surface area contributed by atoms with E-state index in [1.54, 1.807) is 11.8 Å². The molecule has 1 aromatic rings. The molecule has 10 heteroatoms. The fourth-order valence-electron chi connectivity index (χ4n) is 3.88. The smallest absolute Gasteiger partial charge is 0.417 e. The Morgan fingerprint density at radius 2 is 1.93 bits per heavy atom. The molecule has 0 bridgehead atoms. The summed E-state index contributed by atoms with van der Waals surface area (Å²) in [6, 6.07) is 2.88. The highest BCUT2D eigenvalue weighted by Crippen LogP contribution is 2.44. The van der Waals surface area contributed by atoms with E-state index in [0.29, 0.717) is 11.3 Å². The van der Waals surface area contributed by atoms with Crippen LogP contribution in [0.15, 0.2) is 12.1 Å². The Kier molecular flexibility index (Phi) is 4.99. The van der Waals surface area contributed by atoms with E-state index < -0.39 is 28.2 Å². The number of ether oxygens (including phenoxy) is 1. The molecule has 3 rings (SSSR count). The van der Waals surface area contributed by atoms with Crippen LogP contribution in [0.3, 0.4) is 0 Å². The number of alkyl halides is 3. The van der Waals surface area contributed by atoms with Gasteiger partial charge in [0.15, 0.2) is 5.60 Å². The second kappa shape index (κ2) is 6.77. The second-order valence-corrected chi connectivity index (χ2v) is 8.07. The van der Waals surface area contributed by atoms with Crippen molar-refractivity contribution < 1.29 is 33.0 Å². The van der Waals surface area contributed by atoms with Crippen LogP contribution < -0.4 is 9.64 Å². The maximum absolute atomic E-state index is 13.1. The third-order valence-electron chi connectivity index (χ3n) is 5.67. The first-order valence-corrected chi connectivity index (χ1v) is 9.02. The lowest BCUT2D eigenvalue weighted by Crippen LogP contribution is -2.52. The van der Waals surface area contributed by atoms with E-state index in [0.717, 1.165) is 6.92 Å². The van der Waals surface area contributed by atoms with Gasteiger partial charge in [-0.15, -0.1) is 0 Å². The first kappa shape index (κ1) is 20.7. The van der Waals surface area contributed by atoms with E-state index in [9.17, 15) is 33.5 Å². The summed E-state index contributed by atoms with van der Waals surface area (Å²) in [6.07, 6.45) is -4.42. The molecule has 156 valence electrons. The first-order chi connectivity index (χ1) is 12.8. The molecular formula is C18H23F3N2O5. The van der Waals surface area contributed by atoms with Crippen LogP contribution in [-0.4, -0.2) is 52.2 Å². The molecule has 0 aromatic heterocycles. The minimum absolute atomic E-state index is 0.0494. The molecule has 0 aliphatic carbocycles. The number of nitrogens with zero attached hydrogens (tertiary/aromatic N) is 2. The Morgan fingerprint density at radius 1 is 1.32 bits per heavy atom. The molecule has 1 saturated heterocycles. The standard InChI is InChI=1S/C18H23F3N2O5/c1-16(24)9-11-7-14(23(26)27)13(8-15(11)28-10-16)22-5-3-12(4-6-22)17(2,25)18(19,20)21/h7-8,12,24-25H,3-6,9-10H2,1-2H3. The predicted molar refractivity (Wildman–Crippen MR) is 94.5 cm³/mol. The predicted octanol–water partition coefficient (Wildman–Crippen LogP) is 2.81. The fraction of sp³-hybridized carbons (Fsp3) is 0.667. The zero-order valence-corrected chi connectivity index (χ0v) is 15.6. The Morgan fingerprint density at radius 3 is 2.46 bits per heavy atom. The van der Waals surface area contributed by atoms with Crippen molar-refractivity contribution in [2.24, 2.45) is 5.92 Å². The van der Waals surface area contributed by atoms with E-state index in [4.69, 9.17) is 4.74 Å². The summed E-state index contributed by atoms with van der Waals surface area (Å²) in [4.78, 5) is 12.7. The van der Waals surface area contributed by atoms with Crippen LogP contribution in [-0.2, 0) is 6.42 Å². The minimum atomic E-state index is -4.73. The second-order valence-electron chi connectivity index (χ2n) is 8.07. The van der Waals surface area contributed by atoms with Gasteiger partial charge in [0.25, 0.3) is 5.69 Å². The van der Waals surface area contributed by atoms with Crippen LogP contribution in [0.5, 0.6) is 5.75 Å². The fourth-order valence-corrected chi connectivity index (χ4v) is 3.88. The van der Waals surface area contributed by atoms with Crippen molar-refractivity contribution in [1.29, 1.82) is 0 Å². The molecule has 2 unspecified atom stereocenters. The van der Waals surface area contributed by atoms with E-state index in [2.05, 4.69) is 0 Å². The maximum Gasteiger partial charge on any atom is 0.417 e. The van der Waals surface area contributed by atoms with Crippen molar-refractivity contribution >= 4 is 11.4 Å². The molecule has 0 amide bonds. The lowest BCUT2D eigenvalue weighted by molar-refractivity contribution is -0.384. The molecule has 28 heavy (non-hydrogen) atoms. The van der Waals surface area contributed by atoms with Gasteiger partial charge in [0.05, 0.1) is 10.5 Å². The van der Waals surface area contributed by atoms with Gasteiger partial charge in [-0.1, -0.05) is 0 Å². The van der Waals surface area contributed by atoms with Gasteiger partial charge in [0.2, 0.25) is 0 Å². The SMILES string of the molecule is CC1(O)COc2cc(N3CCC(C(C)(O)C(F)(F)F)CC3)c([N+](=O)[O-])cc2C1. The summed E-state index contributed by atoms with van der Waals surface area (Å²) >= 11 is 0. The van der Waals surface area contributed by atoms with Crippen LogP contribution in [0.25, 0.3) is 0 Å². The Bertz CT molecular complexity index is 771. The molecule has 1 fully saturated rings. The van der Waals surface area contributed by atoms with Crippen LogP contribution in [0, 0.1) is 16.0 Å². The number of piperidine rings is 1. The van der Waals surface area contributed by atoms with E-state index in [1.807, 2.05) is 0 Å². The Balaban J connectivity index is 1.84. The summed E-state index contributed by atoms with van der Waals surface area (Å²) in [5.41, 5.74) is -3.31. The summed E-state index contributed by atoms with van der Waals surface area (Å²) in [6.45, 7) is 2.69. The van der Waals surface area contributed by atoms with Crippen molar-refractivity contribution in [3.8, 4) is 5.75 Å². The Hall–Kier alpha value is -2.07. The van der Waals surface area contributed by atoms with Crippen LogP contribution >= 0.6 is 0 Å². The zero-order chi connectivity index (χ0) is 20.9. The molecule has 2 N–H and O–H groups in total. The van der Waals surface area contributed by atoms with E-state index >= 15 is 0 Å². The van der Waals surface area contributed by atoms with Gasteiger partial charge in [-0.3, -0.25) is 10.1 Å². The van der Waals surface area contributed by atoms with Crippen molar-refractivity contribution in [3.63, 3.8) is 0 Å². The average molecular weight is 404 g/mol. The summed E-state index contributed by atoms with van der Waals surface area (Å²) in [5.74, 6) is -0.552. The van der Waals surface area contributed by atoms with Crippen molar-refractivity contribution in [1.82, 2.24) is 0 Å². The number of anilines is 1. The van der Waals surface area contributed by atoms with Gasteiger partial charge < -0.3 is 19.8 Å². The molecule has 2 aliphatic rings. The molecule has 0 radical (unpaired) electrons. The number of rotatable bonds is 3. The first-order valence-electron chi connectivity index (χ1n) is 9.02. The van der Waals surface area contributed by atoms with Gasteiger partial charge in [-0.25, -0.2) is 0 Å². The lowest BCUT2D eigenvalue weighted by Gasteiger charge is -2.41. The average Bonchev–Trinajstić information content (AvgIpc) is 2.59. The van der Waals surface area contributed by atoms with E-state index in [1.165, 1.54) is 12.1 Å². The number of aliphatic hydroxyl groups is 2. The molecule has 2 atom stereocenters. The van der Waals surface area contributed by atoms with Crippen LogP contribution in [0.1, 0.15) is 32.3 Å². The summed E-state index contributed by atoms with van der Waals surface area (Å²) < 4.78 is 44.7.